The molecule has 3 aromatic rings. The number of anilines is 1. The zero-order valence-electron chi connectivity index (χ0n) is 18.2. The SMILES string of the molecule is O=C(CN1CCC(O)CC1)Nc1cc(Oc2ccc3c(ccn3C(=O)NC3CC3)c2)ccn1. The molecule has 1 aliphatic heterocycles. The van der Waals surface area contributed by atoms with E-state index < -0.39 is 0 Å². The molecule has 1 aliphatic carbocycles. The Morgan fingerprint density at radius 3 is 2.64 bits per heavy atom. The van der Waals surface area contributed by atoms with E-state index in [1.54, 1.807) is 29.1 Å². The highest BCUT2D eigenvalue weighted by Crippen LogP contribution is 2.28. The number of hydrogen-bond donors (Lipinski definition) is 3. The van der Waals surface area contributed by atoms with Gasteiger partial charge in [-0.3, -0.25) is 14.3 Å². The maximum absolute atomic E-state index is 12.4. The van der Waals surface area contributed by atoms with Gasteiger partial charge in [-0.15, -0.1) is 0 Å². The number of piperidine rings is 1. The van der Waals surface area contributed by atoms with E-state index in [2.05, 4.69) is 15.6 Å². The van der Waals surface area contributed by atoms with Gasteiger partial charge in [-0.1, -0.05) is 0 Å². The van der Waals surface area contributed by atoms with Gasteiger partial charge in [-0.25, -0.2) is 9.78 Å². The molecule has 0 radical (unpaired) electrons. The molecule has 2 aromatic heterocycles. The topological polar surface area (TPSA) is 109 Å². The largest absolute Gasteiger partial charge is 0.457 e. The Morgan fingerprint density at radius 2 is 1.85 bits per heavy atom. The predicted molar refractivity (Wildman–Crippen MR) is 124 cm³/mol. The van der Waals surface area contributed by atoms with Crippen LogP contribution in [0.4, 0.5) is 10.6 Å². The second-order valence-electron chi connectivity index (χ2n) is 8.66. The van der Waals surface area contributed by atoms with Crippen molar-refractivity contribution in [1.29, 1.82) is 0 Å². The maximum Gasteiger partial charge on any atom is 0.326 e. The van der Waals surface area contributed by atoms with Crippen molar-refractivity contribution in [1.82, 2.24) is 19.8 Å². The molecule has 9 heteroatoms. The van der Waals surface area contributed by atoms with Gasteiger partial charge < -0.3 is 20.5 Å². The number of hydrogen-bond acceptors (Lipinski definition) is 6. The number of carbonyl (C=O) groups is 2. The fourth-order valence-corrected chi connectivity index (χ4v) is 3.98. The number of rotatable bonds is 6. The Labute approximate surface area is 191 Å². The lowest BCUT2D eigenvalue weighted by Gasteiger charge is -2.28. The molecule has 1 saturated heterocycles. The van der Waals surface area contributed by atoms with Gasteiger partial charge in [0, 0.05) is 43.0 Å². The number of aliphatic hydroxyl groups is 1. The quantitative estimate of drug-likeness (QED) is 0.534. The van der Waals surface area contributed by atoms with Crippen molar-refractivity contribution in [3.05, 3.63) is 48.8 Å². The van der Waals surface area contributed by atoms with Crippen molar-refractivity contribution in [3.8, 4) is 11.5 Å². The van der Waals surface area contributed by atoms with Crippen molar-refractivity contribution in [2.24, 2.45) is 0 Å². The lowest BCUT2D eigenvalue weighted by Crippen LogP contribution is -2.40. The number of aliphatic hydroxyl groups excluding tert-OH is 1. The molecule has 172 valence electrons. The number of amides is 2. The highest BCUT2D eigenvalue weighted by atomic mass is 16.5. The smallest absolute Gasteiger partial charge is 0.326 e. The van der Waals surface area contributed by atoms with Crippen LogP contribution in [0.5, 0.6) is 11.5 Å². The van der Waals surface area contributed by atoms with Crippen LogP contribution in [0.15, 0.2) is 48.8 Å². The van der Waals surface area contributed by atoms with Gasteiger partial charge in [-0.2, -0.15) is 0 Å². The minimum Gasteiger partial charge on any atom is -0.457 e. The van der Waals surface area contributed by atoms with Crippen LogP contribution >= 0.6 is 0 Å². The second-order valence-corrected chi connectivity index (χ2v) is 8.66. The maximum atomic E-state index is 12.4. The van der Waals surface area contributed by atoms with Gasteiger partial charge in [-0.05, 0) is 56.0 Å². The van der Waals surface area contributed by atoms with Crippen molar-refractivity contribution in [3.63, 3.8) is 0 Å². The molecule has 3 N–H and O–H groups in total. The molecule has 0 spiro atoms. The summed E-state index contributed by atoms with van der Waals surface area (Å²) in [5.74, 6) is 1.44. The highest BCUT2D eigenvalue weighted by molar-refractivity contribution is 5.93. The van der Waals surface area contributed by atoms with Crippen LogP contribution in [-0.4, -0.2) is 63.3 Å². The number of likely N-dealkylation sites (tertiary alicyclic amines) is 1. The first-order valence-corrected chi connectivity index (χ1v) is 11.3. The van der Waals surface area contributed by atoms with Crippen molar-refractivity contribution < 1.29 is 19.4 Å². The van der Waals surface area contributed by atoms with Crippen molar-refractivity contribution in [2.75, 3.05) is 25.0 Å². The van der Waals surface area contributed by atoms with E-state index in [4.69, 9.17) is 4.74 Å². The molecule has 0 unspecified atom stereocenters. The number of nitrogens with one attached hydrogen (secondary N) is 2. The Hall–Kier alpha value is -3.43. The Morgan fingerprint density at radius 1 is 1.06 bits per heavy atom. The number of fused-ring (bicyclic) bond motifs is 1. The van der Waals surface area contributed by atoms with E-state index in [9.17, 15) is 14.7 Å². The van der Waals surface area contributed by atoms with Crippen molar-refractivity contribution >= 4 is 28.7 Å². The van der Waals surface area contributed by atoms with Crippen molar-refractivity contribution in [2.45, 2.75) is 37.8 Å². The van der Waals surface area contributed by atoms with E-state index in [1.807, 2.05) is 29.2 Å². The van der Waals surface area contributed by atoms with Crippen LogP contribution in [0.3, 0.4) is 0 Å². The fourth-order valence-electron chi connectivity index (χ4n) is 3.98. The van der Waals surface area contributed by atoms with Gasteiger partial charge in [0.05, 0.1) is 18.2 Å². The minimum atomic E-state index is -0.266. The molecule has 1 aromatic carbocycles. The van der Waals surface area contributed by atoms with E-state index in [0.717, 1.165) is 23.7 Å². The number of pyridine rings is 1. The molecule has 2 aliphatic rings. The van der Waals surface area contributed by atoms with Crippen LogP contribution in [0.1, 0.15) is 25.7 Å². The standard InChI is InChI=1S/C24H27N5O4/c30-18-7-10-28(11-8-18)15-23(31)27-22-14-20(5-9-25-22)33-19-3-4-21-16(13-19)6-12-29(21)24(32)26-17-1-2-17/h3-6,9,12-14,17-18,30H,1-2,7-8,10-11,15H2,(H,26,32)(H,25,27,31). The van der Waals surface area contributed by atoms with Gasteiger partial charge >= 0.3 is 6.03 Å². The third kappa shape index (κ3) is 5.32. The van der Waals surface area contributed by atoms with E-state index in [1.165, 1.54) is 0 Å². The zero-order chi connectivity index (χ0) is 22.8. The van der Waals surface area contributed by atoms with Crippen LogP contribution in [0.25, 0.3) is 10.9 Å². The summed E-state index contributed by atoms with van der Waals surface area (Å²) in [5, 5.41) is 16.3. The van der Waals surface area contributed by atoms with Gasteiger partial charge in [0.2, 0.25) is 5.91 Å². The van der Waals surface area contributed by atoms with Gasteiger partial charge in [0.1, 0.15) is 17.3 Å². The Balaban J connectivity index is 1.21. The summed E-state index contributed by atoms with van der Waals surface area (Å²) in [6, 6.07) is 11.0. The number of aromatic nitrogens is 2. The summed E-state index contributed by atoms with van der Waals surface area (Å²) < 4.78 is 7.59. The number of ether oxygens (including phenoxy) is 1. The normalized spacial score (nSPS) is 17.1. The van der Waals surface area contributed by atoms with Crippen LogP contribution in [0.2, 0.25) is 0 Å². The highest BCUT2D eigenvalue weighted by Gasteiger charge is 2.24. The molecule has 1 saturated carbocycles. The average molecular weight is 450 g/mol. The Kier molecular flexibility index (Phi) is 5.97. The third-order valence-electron chi connectivity index (χ3n) is 5.94. The molecule has 3 heterocycles. The first kappa shape index (κ1) is 21.4. The van der Waals surface area contributed by atoms with Crippen LogP contribution in [0, 0.1) is 0 Å². The Bertz CT molecular complexity index is 1160. The molecule has 2 fully saturated rings. The average Bonchev–Trinajstić information content (AvgIpc) is 3.51. The molecule has 9 nitrogen and oxygen atoms in total. The van der Waals surface area contributed by atoms with E-state index in [0.29, 0.717) is 49.3 Å². The monoisotopic (exact) mass is 449 g/mol. The fraction of sp³-hybridized carbons (Fsp3) is 0.375. The molecule has 2 amide bonds. The second kappa shape index (κ2) is 9.21. The summed E-state index contributed by atoms with van der Waals surface area (Å²) in [4.78, 5) is 31.0. The minimum absolute atomic E-state index is 0.114. The first-order chi connectivity index (χ1) is 16.0. The van der Waals surface area contributed by atoms with E-state index in [-0.39, 0.29) is 24.6 Å². The van der Waals surface area contributed by atoms with Crippen LogP contribution in [-0.2, 0) is 4.79 Å². The van der Waals surface area contributed by atoms with Crippen LogP contribution < -0.4 is 15.4 Å². The molecular formula is C24H27N5O4. The number of nitrogens with zero attached hydrogens (tertiary/aromatic N) is 3. The lowest BCUT2D eigenvalue weighted by atomic mass is 10.1. The predicted octanol–water partition coefficient (Wildman–Crippen LogP) is 2.94. The molecule has 5 rings (SSSR count). The lowest BCUT2D eigenvalue weighted by molar-refractivity contribution is -0.117. The number of benzene rings is 1. The van der Waals surface area contributed by atoms with E-state index >= 15 is 0 Å². The summed E-state index contributed by atoms with van der Waals surface area (Å²) in [6.45, 7) is 1.68. The summed E-state index contributed by atoms with van der Waals surface area (Å²) >= 11 is 0. The molecule has 0 atom stereocenters. The molecular weight excluding hydrogens is 422 g/mol. The summed E-state index contributed by atoms with van der Waals surface area (Å²) in [6.07, 6.45) is 6.54. The third-order valence-corrected chi connectivity index (χ3v) is 5.94. The molecule has 33 heavy (non-hydrogen) atoms. The first-order valence-electron chi connectivity index (χ1n) is 11.3. The number of carbonyl (C=O) groups excluding carboxylic acids is 2. The van der Waals surface area contributed by atoms with Gasteiger partial charge in [0.25, 0.3) is 0 Å². The van der Waals surface area contributed by atoms with Gasteiger partial charge in [0.15, 0.2) is 0 Å². The summed E-state index contributed by atoms with van der Waals surface area (Å²) in [7, 11) is 0. The molecule has 0 bridgehead atoms. The summed E-state index contributed by atoms with van der Waals surface area (Å²) in [5.41, 5.74) is 0.813. The zero-order valence-corrected chi connectivity index (χ0v) is 18.2.